The number of para-hydroxylation sites is 1. The van der Waals surface area contributed by atoms with Gasteiger partial charge in [0.25, 0.3) is 10.0 Å². The van der Waals surface area contributed by atoms with Crippen LogP contribution in [-0.2, 0) is 16.6 Å². The van der Waals surface area contributed by atoms with E-state index in [1.54, 1.807) is 30.5 Å². The van der Waals surface area contributed by atoms with Crippen molar-refractivity contribution in [1.29, 1.82) is 0 Å². The molecule has 0 aliphatic rings. The smallest absolute Gasteiger partial charge is 0.271 e. The topological polar surface area (TPSA) is 58.2 Å². The number of rotatable bonds is 6. The van der Waals surface area contributed by atoms with Crippen molar-refractivity contribution in [3.63, 3.8) is 0 Å². The number of thiophene rings is 1. The van der Waals surface area contributed by atoms with Gasteiger partial charge >= 0.3 is 0 Å². The number of anilines is 1. The van der Waals surface area contributed by atoms with E-state index in [1.807, 2.05) is 6.92 Å². The van der Waals surface area contributed by atoms with Gasteiger partial charge in [-0.25, -0.2) is 12.8 Å². The molecule has 0 saturated carbocycles. The van der Waals surface area contributed by atoms with Crippen LogP contribution in [0.1, 0.15) is 18.1 Å². The Morgan fingerprint density at radius 2 is 2.10 bits per heavy atom. The number of sulfonamides is 1. The molecule has 0 aliphatic heterocycles. The van der Waals surface area contributed by atoms with Gasteiger partial charge in [0.15, 0.2) is 0 Å². The summed E-state index contributed by atoms with van der Waals surface area (Å²) < 4.78 is 40.9. The molecule has 0 saturated heterocycles. The van der Waals surface area contributed by atoms with Crippen LogP contribution >= 0.6 is 11.3 Å². The molecule has 7 heteroatoms. The highest BCUT2D eigenvalue weighted by Gasteiger charge is 2.19. The van der Waals surface area contributed by atoms with Gasteiger partial charge in [-0.05, 0) is 42.1 Å². The lowest BCUT2D eigenvalue weighted by atomic mass is 10.2. The second-order valence-corrected chi connectivity index (χ2v) is 7.41. The molecule has 0 radical (unpaired) electrons. The molecule has 0 aliphatic carbocycles. The SMILES string of the molecule is CCNCc1csc(S(=O)(=O)Nc2c(C)cccc2F)c1. The molecule has 114 valence electrons. The Kier molecular flexibility index (Phi) is 4.97. The first-order valence-corrected chi connectivity index (χ1v) is 8.86. The number of hydrogen-bond acceptors (Lipinski definition) is 4. The predicted molar refractivity (Wildman–Crippen MR) is 83.6 cm³/mol. The van der Waals surface area contributed by atoms with Gasteiger partial charge in [0.1, 0.15) is 10.0 Å². The molecular formula is C14H17FN2O2S2. The highest BCUT2D eigenvalue weighted by Crippen LogP contribution is 2.26. The van der Waals surface area contributed by atoms with E-state index >= 15 is 0 Å². The van der Waals surface area contributed by atoms with Gasteiger partial charge in [0.05, 0.1) is 5.69 Å². The van der Waals surface area contributed by atoms with Crippen molar-refractivity contribution >= 4 is 27.0 Å². The largest absolute Gasteiger partial charge is 0.313 e. The highest BCUT2D eigenvalue weighted by molar-refractivity contribution is 7.94. The molecule has 2 rings (SSSR count). The second kappa shape index (κ2) is 6.55. The molecule has 0 fully saturated rings. The summed E-state index contributed by atoms with van der Waals surface area (Å²) in [6.07, 6.45) is 0. The zero-order valence-electron chi connectivity index (χ0n) is 11.8. The van der Waals surface area contributed by atoms with Gasteiger partial charge in [0.2, 0.25) is 0 Å². The van der Waals surface area contributed by atoms with Crippen molar-refractivity contribution in [2.45, 2.75) is 24.6 Å². The van der Waals surface area contributed by atoms with Crippen molar-refractivity contribution in [2.24, 2.45) is 0 Å². The number of halogens is 1. The standard InChI is InChI=1S/C14H17FN2O2S2/c1-3-16-8-11-7-13(20-9-11)21(18,19)17-14-10(2)5-4-6-12(14)15/h4-7,9,16-17H,3,8H2,1-2H3. The summed E-state index contributed by atoms with van der Waals surface area (Å²) in [5, 5.41) is 4.91. The van der Waals surface area contributed by atoms with Crippen molar-refractivity contribution < 1.29 is 12.8 Å². The highest BCUT2D eigenvalue weighted by atomic mass is 32.2. The average molecular weight is 328 g/mol. The van der Waals surface area contributed by atoms with Gasteiger partial charge in [-0.1, -0.05) is 19.1 Å². The Morgan fingerprint density at radius 3 is 2.76 bits per heavy atom. The van der Waals surface area contributed by atoms with E-state index in [1.165, 1.54) is 6.07 Å². The fraction of sp³-hybridized carbons (Fsp3) is 0.286. The lowest BCUT2D eigenvalue weighted by Gasteiger charge is -2.10. The second-order valence-electron chi connectivity index (χ2n) is 4.59. The third-order valence-corrected chi connectivity index (χ3v) is 5.77. The van der Waals surface area contributed by atoms with E-state index in [0.717, 1.165) is 23.4 Å². The molecule has 0 atom stereocenters. The Morgan fingerprint density at radius 1 is 1.33 bits per heavy atom. The maximum atomic E-state index is 13.7. The van der Waals surface area contributed by atoms with E-state index in [2.05, 4.69) is 10.0 Å². The van der Waals surface area contributed by atoms with E-state index in [0.29, 0.717) is 12.1 Å². The Bertz CT molecular complexity index is 706. The monoisotopic (exact) mass is 328 g/mol. The summed E-state index contributed by atoms with van der Waals surface area (Å²) in [7, 11) is -3.76. The first-order chi connectivity index (χ1) is 9.94. The van der Waals surface area contributed by atoms with E-state index in [9.17, 15) is 12.8 Å². The first-order valence-electron chi connectivity index (χ1n) is 6.50. The first kappa shape index (κ1) is 15.9. The number of aryl methyl sites for hydroxylation is 1. The maximum absolute atomic E-state index is 13.7. The van der Waals surface area contributed by atoms with Gasteiger partial charge < -0.3 is 5.32 Å². The van der Waals surface area contributed by atoms with Crippen LogP contribution in [0.3, 0.4) is 0 Å². The van der Waals surface area contributed by atoms with Crippen LogP contribution in [0.15, 0.2) is 33.9 Å². The third-order valence-electron chi connectivity index (χ3n) is 2.93. The Labute approximate surface area is 128 Å². The third kappa shape index (κ3) is 3.81. The average Bonchev–Trinajstić information content (AvgIpc) is 2.90. The quantitative estimate of drug-likeness (QED) is 0.856. The fourth-order valence-electron chi connectivity index (χ4n) is 1.80. The molecule has 21 heavy (non-hydrogen) atoms. The molecular weight excluding hydrogens is 311 g/mol. The Balaban J connectivity index is 2.24. The Hall–Kier alpha value is -1.44. The maximum Gasteiger partial charge on any atom is 0.271 e. The molecule has 0 amide bonds. The van der Waals surface area contributed by atoms with E-state index in [-0.39, 0.29) is 9.90 Å². The summed E-state index contributed by atoms with van der Waals surface area (Å²) >= 11 is 1.12. The lowest BCUT2D eigenvalue weighted by Crippen LogP contribution is -2.14. The minimum absolute atomic E-state index is 0.000803. The molecule has 0 unspecified atom stereocenters. The molecule has 0 bridgehead atoms. The molecule has 4 nitrogen and oxygen atoms in total. The predicted octanol–water partition coefficient (Wildman–Crippen LogP) is 3.11. The van der Waals surface area contributed by atoms with Crippen LogP contribution in [0.2, 0.25) is 0 Å². The molecule has 1 heterocycles. The van der Waals surface area contributed by atoms with Crippen molar-refractivity contribution in [1.82, 2.24) is 5.32 Å². The summed E-state index contributed by atoms with van der Waals surface area (Å²) in [6, 6.07) is 6.04. The van der Waals surface area contributed by atoms with Crippen LogP contribution in [0, 0.1) is 12.7 Å². The van der Waals surface area contributed by atoms with Crippen molar-refractivity contribution in [3.8, 4) is 0 Å². The van der Waals surface area contributed by atoms with Gasteiger partial charge in [-0.15, -0.1) is 11.3 Å². The summed E-state index contributed by atoms with van der Waals surface area (Å²) in [5.74, 6) is -0.581. The van der Waals surface area contributed by atoms with E-state index in [4.69, 9.17) is 0 Å². The van der Waals surface area contributed by atoms with Gasteiger partial charge in [-0.2, -0.15) is 0 Å². The molecule has 1 aromatic heterocycles. The number of nitrogens with one attached hydrogen (secondary N) is 2. The van der Waals surface area contributed by atoms with E-state index < -0.39 is 15.8 Å². The lowest BCUT2D eigenvalue weighted by molar-refractivity contribution is 0.600. The fourth-order valence-corrected chi connectivity index (χ4v) is 4.15. The summed E-state index contributed by atoms with van der Waals surface area (Å²) in [6.45, 7) is 5.06. The summed E-state index contributed by atoms with van der Waals surface area (Å²) in [5.41, 5.74) is 1.44. The van der Waals surface area contributed by atoms with Gasteiger partial charge in [-0.3, -0.25) is 4.72 Å². The zero-order chi connectivity index (χ0) is 15.5. The van der Waals surface area contributed by atoms with Crippen LogP contribution in [0.4, 0.5) is 10.1 Å². The normalized spacial score (nSPS) is 11.6. The zero-order valence-corrected chi connectivity index (χ0v) is 13.4. The molecule has 2 N–H and O–H groups in total. The molecule has 1 aromatic carbocycles. The van der Waals surface area contributed by atoms with Gasteiger partial charge in [0, 0.05) is 6.54 Å². The van der Waals surface area contributed by atoms with Crippen LogP contribution < -0.4 is 10.0 Å². The minimum atomic E-state index is -3.76. The molecule has 2 aromatic rings. The number of hydrogen-bond donors (Lipinski definition) is 2. The minimum Gasteiger partial charge on any atom is -0.313 e. The van der Waals surface area contributed by atoms with Crippen molar-refractivity contribution in [3.05, 3.63) is 46.6 Å². The van der Waals surface area contributed by atoms with Crippen LogP contribution in [0.25, 0.3) is 0 Å². The summed E-state index contributed by atoms with van der Waals surface area (Å²) in [4.78, 5) is 0. The van der Waals surface area contributed by atoms with Crippen LogP contribution in [0.5, 0.6) is 0 Å². The van der Waals surface area contributed by atoms with Crippen molar-refractivity contribution in [2.75, 3.05) is 11.3 Å². The van der Waals surface area contributed by atoms with Crippen LogP contribution in [-0.4, -0.2) is 15.0 Å². The molecule has 0 spiro atoms. The number of benzene rings is 1.